The van der Waals surface area contributed by atoms with Crippen LogP contribution in [0.1, 0.15) is 43.7 Å². The van der Waals surface area contributed by atoms with Crippen LogP contribution in [-0.4, -0.2) is 19.6 Å². The average Bonchev–Trinajstić information content (AvgIpc) is 3.03. The second-order valence-corrected chi connectivity index (χ2v) is 5.79. The van der Waals surface area contributed by atoms with Gasteiger partial charge in [-0.05, 0) is 53.3 Å². The van der Waals surface area contributed by atoms with E-state index in [-0.39, 0.29) is 17.4 Å². The lowest BCUT2D eigenvalue weighted by molar-refractivity contribution is 0.404. The predicted octanol–water partition coefficient (Wildman–Crippen LogP) is 4.33. The zero-order valence-electron chi connectivity index (χ0n) is 12.6. The molecule has 0 radical (unpaired) electrons. The summed E-state index contributed by atoms with van der Waals surface area (Å²) in [5, 5.41) is 22.9. The molecule has 0 saturated heterocycles. The molecule has 1 unspecified atom stereocenters. The Morgan fingerprint density at radius 1 is 1.41 bits per heavy atom. The minimum atomic E-state index is -0.500. The minimum absolute atomic E-state index is 0.125. The monoisotopic (exact) mass is 319 g/mol. The summed E-state index contributed by atoms with van der Waals surface area (Å²) in [5.41, 5.74) is 2.67. The van der Waals surface area contributed by atoms with Crippen molar-refractivity contribution in [3.05, 3.63) is 39.5 Å². The van der Waals surface area contributed by atoms with Crippen LogP contribution in [0.5, 0.6) is 11.5 Å². The van der Waals surface area contributed by atoms with Crippen molar-refractivity contribution in [2.75, 3.05) is 0 Å². The zero-order chi connectivity index (χ0) is 16.3. The van der Waals surface area contributed by atoms with Gasteiger partial charge in [-0.25, -0.2) is 4.98 Å². The highest BCUT2D eigenvalue weighted by molar-refractivity contribution is 7.06. The molecule has 0 bridgehead atoms. The van der Waals surface area contributed by atoms with Crippen LogP contribution in [-0.2, 0) is 0 Å². The summed E-state index contributed by atoms with van der Waals surface area (Å²) in [6.45, 7) is 6.03. The van der Waals surface area contributed by atoms with Gasteiger partial charge in [0, 0.05) is 5.92 Å². The van der Waals surface area contributed by atoms with Crippen molar-refractivity contribution < 1.29 is 10.2 Å². The van der Waals surface area contributed by atoms with Crippen molar-refractivity contribution in [1.82, 2.24) is 9.36 Å². The van der Waals surface area contributed by atoms with Crippen LogP contribution in [0.15, 0.2) is 29.2 Å². The molecule has 22 heavy (non-hydrogen) atoms. The van der Waals surface area contributed by atoms with Crippen LogP contribution in [0.3, 0.4) is 0 Å². The van der Waals surface area contributed by atoms with Crippen molar-refractivity contribution in [3.63, 3.8) is 0 Å². The smallest absolute Gasteiger partial charge is 0.187 e. The Bertz CT molecular complexity index is 711. The molecule has 0 aliphatic carbocycles. The summed E-state index contributed by atoms with van der Waals surface area (Å²) in [6.07, 6.45) is 2.35. The van der Waals surface area contributed by atoms with E-state index in [0.717, 1.165) is 22.6 Å². The number of aromatic nitrogens is 2. The fourth-order valence-corrected chi connectivity index (χ4v) is 3.07. The molecule has 1 aromatic carbocycles. The summed E-state index contributed by atoms with van der Waals surface area (Å²) in [6, 6.07) is 2.93. The van der Waals surface area contributed by atoms with E-state index in [4.69, 9.17) is 0 Å². The molecule has 2 aromatic rings. The fraction of sp³-hybridized carbons (Fsp3) is 0.333. The lowest BCUT2D eigenvalue weighted by Gasteiger charge is -2.18. The Morgan fingerprint density at radius 3 is 2.68 bits per heavy atom. The first kappa shape index (κ1) is 16.1. The van der Waals surface area contributed by atoms with Gasteiger partial charge in [-0.2, -0.15) is 4.37 Å². The topological polar surface area (TPSA) is 95.7 Å². The molecule has 1 heterocycles. The second-order valence-electron chi connectivity index (χ2n) is 5.01. The zero-order valence-corrected chi connectivity index (χ0v) is 13.4. The third-order valence-corrected chi connectivity index (χ3v) is 4.40. The molecule has 0 spiro atoms. The molecule has 1 atom stereocenters. The van der Waals surface area contributed by atoms with Gasteiger partial charge < -0.3 is 10.2 Å². The molecule has 1 aromatic heterocycles. The van der Waals surface area contributed by atoms with Crippen LogP contribution in [0.2, 0.25) is 0 Å². The maximum atomic E-state index is 10.8. The summed E-state index contributed by atoms with van der Waals surface area (Å²) in [7, 11) is 0. The van der Waals surface area contributed by atoms with Gasteiger partial charge >= 0.3 is 0 Å². The third kappa shape index (κ3) is 2.99. The first-order chi connectivity index (χ1) is 10.5. The number of aromatic hydroxyl groups is 2. The summed E-state index contributed by atoms with van der Waals surface area (Å²) < 4.78 is 4.04. The highest BCUT2D eigenvalue weighted by Crippen LogP contribution is 2.42. The van der Waals surface area contributed by atoms with Crippen molar-refractivity contribution in [2.24, 2.45) is 5.18 Å². The summed E-state index contributed by atoms with van der Waals surface area (Å²) in [4.78, 5) is 15.1. The number of benzene rings is 1. The molecule has 0 fully saturated rings. The summed E-state index contributed by atoms with van der Waals surface area (Å²) >= 11 is 1.30. The first-order valence-corrected chi connectivity index (χ1v) is 7.62. The maximum Gasteiger partial charge on any atom is 0.187 e. The number of allylic oxidation sites excluding steroid dienone is 2. The number of hydrogen-bond donors (Lipinski definition) is 2. The van der Waals surface area contributed by atoms with Gasteiger partial charge in [-0.1, -0.05) is 19.4 Å². The van der Waals surface area contributed by atoms with Gasteiger partial charge in [0.05, 0.1) is 0 Å². The maximum absolute atomic E-state index is 10.8. The Kier molecular flexibility index (Phi) is 4.87. The molecule has 116 valence electrons. The van der Waals surface area contributed by atoms with E-state index in [2.05, 4.69) is 21.5 Å². The van der Waals surface area contributed by atoms with Crippen LogP contribution in [0.25, 0.3) is 5.57 Å². The van der Waals surface area contributed by atoms with Crippen molar-refractivity contribution in [1.29, 1.82) is 0 Å². The highest BCUT2D eigenvalue weighted by atomic mass is 32.1. The molecule has 2 N–H and O–H groups in total. The largest absolute Gasteiger partial charge is 0.504 e. The van der Waals surface area contributed by atoms with Crippen molar-refractivity contribution in [2.45, 2.75) is 33.1 Å². The minimum Gasteiger partial charge on any atom is -0.504 e. The third-order valence-electron chi connectivity index (χ3n) is 3.71. The molecular weight excluding hydrogens is 302 g/mol. The van der Waals surface area contributed by atoms with E-state index < -0.39 is 5.75 Å². The van der Waals surface area contributed by atoms with Gasteiger partial charge in [-0.15, -0.1) is 4.91 Å². The van der Waals surface area contributed by atoms with Crippen molar-refractivity contribution in [3.8, 4) is 11.5 Å². The molecule has 0 aliphatic rings. The SMILES string of the molecule is CC/C(C)=C(\c1ncns1)C(C)c1cc(O)c(O)c(N=O)c1. The molecule has 2 rings (SSSR count). The number of nitrogens with zero attached hydrogens (tertiary/aromatic N) is 3. The van der Waals surface area contributed by atoms with Gasteiger partial charge in [0.25, 0.3) is 0 Å². The van der Waals surface area contributed by atoms with E-state index in [1.54, 1.807) is 0 Å². The van der Waals surface area contributed by atoms with Gasteiger partial charge in [0.15, 0.2) is 17.2 Å². The van der Waals surface area contributed by atoms with Gasteiger partial charge in [-0.3, -0.25) is 0 Å². The van der Waals surface area contributed by atoms with E-state index in [1.807, 2.05) is 13.8 Å². The Hall–Kier alpha value is -2.28. The van der Waals surface area contributed by atoms with Gasteiger partial charge in [0.1, 0.15) is 11.3 Å². The molecular formula is C15H17N3O3S. The van der Waals surface area contributed by atoms with E-state index in [1.165, 1.54) is 30.0 Å². The fourth-order valence-electron chi connectivity index (χ4n) is 2.33. The van der Waals surface area contributed by atoms with Crippen molar-refractivity contribution >= 4 is 22.8 Å². The number of phenols is 2. The standard InChI is InChI=1S/C15H17N3O3S/c1-4-8(2)13(15-16-7-17-22-15)9(3)10-5-11(18-21)14(20)12(19)6-10/h5-7,9,19-20H,4H2,1-3H3/b13-8-. The molecule has 6 nitrogen and oxygen atoms in total. The van der Waals surface area contributed by atoms with Crippen LogP contribution in [0, 0.1) is 4.91 Å². The molecule has 0 saturated carbocycles. The highest BCUT2D eigenvalue weighted by Gasteiger charge is 2.21. The average molecular weight is 319 g/mol. The first-order valence-electron chi connectivity index (χ1n) is 6.85. The summed E-state index contributed by atoms with van der Waals surface area (Å²) in [5.74, 6) is -0.982. The predicted molar refractivity (Wildman–Crippen MR) is 86.4 cm³/mol. The van der Waals surface area contributed by atoms with Crippen LogP contribution >= 0.6 is 11.5 Å². The molecule has 0 aliphatic heterocycles. The number of nitroso groups, excluding NO2 is 1. The number of rotatable bonds is 5. The van der Waals surface area contributed by atoms with Gasteiger partial charge in [0.2, 0.25) is 0 Å². The Morgan fingerprint density at radius 2 is 2.14 bits per heavy atom. The number of hydrogen-bond acceptors (Lipinski definition) is 7. The van der Waals surface area contributed by atoms with E-state index >= 15 is 0 Å². The van der Waals surface area contributed by atoms with Crippen LogP contribution in [0.4, 0.5) is 5.69 Å². The Balaban J connectivity index is 2.56. The second kappa shape index (κ2) is 6.65. The quantitative estimate of drug-likeness (QED) is 0.631. The lowest BCUT2D eigenvalue weighted by atomic mass is 9.88. The van der Waals surface area contributed by atoms with E-state index in [9.17, 15) is 15.1 Å². The van der Waals surface area contributed by atoms with E-state index in [0.29, 0.717) is 5.56 Å². The molecule has 0 amide bonds. The normalized spacial score (nSPS) is 13.6. The molecule has 7 heteroatoms. The lowest BCUT2D eigenvalue weighted by Crippen LogP contribution is -2.00. The Labute approximate surface area is 132 Å². The van der Waals surface area contributed by atoms with Crippen LogP contribution < -0.4 is 0 Å². The number of phenolic OH excluding ortho intramolecular Hbond substituents is 2.